The van der Waals surface area contributed by atoms with E-state index in [2.05, 4.69) is 5.32 Å². The van der Waals surface area contributed by atoms with Crippen molar-refractivity contribution in [1.82, 2.24) is 9.21 Å². The fourth-order valence-electron chi connectivity index (χ4n) is 3.37. The third-order valence-corrected chi connectivity index (χ3v) is 7.46. The van der Waals surface area contributed by atoms with Crippen LogP contribution in [0.2, 0.25) is 0 Å². The molecule has 0 aliphatic carbocycles. The molecule has 1 aromatic carbocycles. The highest BCUT2D eigenvalue weighted by atomic mass is 32.2. The molecular weight excluding hydrogens is 404 g/mol. The SMILES string of the molecule is Cc1ccc(S(=O)(=O)N2CCN(CC(=O)Nc3oc(C)c(C)c3C#N)CC2)cc1C. The van der Waals surface area contributed by atoms with E-state index in [9.17, 15) is 18.5 Å². The topological polar surface area (TPSA) is 107 Å². The molecule has 1 amide bonds. The second-order valence-corrected chi connectivity index (χ2v) is 9.51. The van der Waals surface area contributed by atoms with Crippen LogP contribution in [0.15, 0.2) is 27.5 Å². The molecule has 2 heterocycles. The summed E-state index contributed by atoms with van der Waals surface area (Å²) in [6.45, 7) is 8.95. The zero-order chi connectivity index (χ0) is 22.1. The highest BCUT2D eigenvalue weighted by molar-refractivity contribution is 7.89. The Morgan fingerprint density at radius 1 is 1.13 bits per heavy atom. The largest absolute Gasteiger partial charge is 0.444 e. The van der Waals surface area contributed by atoms with Crippen molar-refractivity contribution in [2.24, 2.45) is 0 Å². The molecule has 0 unspecified atom stereocenters. The number of sulfonamides is 1. The van der Waals surface area contributed by atoms with Crippen molar-refractivity contribution in [2.45, 2.75) is 32.6 Å². The van der Waals surface area contributed by atoms with Gasteiger partial charge in [-0.3, -0.25) is 15.0 Å². The van der Waals surface area contributed by atoms with Crippen LogP contribution in [-0.2, 0) is 14.8 Å². The van der Waals surface area contributed by atoms with Crippen LogP contribution in [0, 0.1) is 39.0 Å². The maximum atomic E-state index is 12.9. The number of rotatable bonds is 5. The summed E-state index contributed by atoms with van der Waals surface area (Å²) in [6, 6.07) is 7.19. The molecule has 160 valence electrons. The van der Waals surface area contributed by atoms with E-state index in [1.54, 1.807) is 26.0 Å². The van der Waals surface area contributed by atoms with Crippen LogP contribution < -0.4 is 5.32 Å². The van der Waals surface area contributed by atoms with Gasteiger partial charge >= 0.3 is 0 Å². The first-order valence-electron chi connectivity index (χ1n) is 9.73. The number of nitriles is 1. The Morgan fingerprint density at radius 3 is 2.40 bits per heavy atom. The second kappa shape index (κ2) is 8.60. The molecule has 1 N–H and O–H groups in total. The summed E-state index contributed by atoms with van der Waals surface area (Å²) in [5.74, 6) is 0.450. The molecule has 9 heteroatoms. The van der Waals surface area contributed by atoms with E-state index in [4.69, 9.17) is 4.42 Å². The normalized spacial score (nSPS) is 15.7. The highest BCUT2D eigenvalue weighted by Gasteiger charge is 2.29. The molecule has 3 rings (SSSR count). The Balaban J connectivity index is 1.59. The lowest BCUT2D eigenvalue weighted by Crippen LogP contribution is -2.50. The molecule has 2 aromatic rings. The number of anilines is 1. The Hall–Kier alpha value is -2.67. The van der Waals surface area contributed by atoms with Gasteiger partial charge in [-0.25, -0.2) is 8.42 Å². The Kier molecular flexibility index (Phi) is 6.31. The third kappa shape index (κ3) is 4.41. The summed E-state index contributed by atoms with van der Waals surface area (Å²) in [7, 11) is -3.56. The van der Waals surface area contributed by atoms with Gasteiger partial charge in [0.25, 0.3) is 0 Å². The zero-order valence-electron chi connectivity index (χ0n) is 17.7. The Morgan fingerprint density at radius 2 is 1.80 bits per heavy atom. The predicted octanol–water partition coefficient (Wildman–Crippen LogP) is 2.33. The van der Waals surface area contributed by atoms with Crippen LogP contribution in [-0.4, -0.2) is 56.3 Å². The van der Waals surface area contributed by atoms with E-state index < -0.39 is 10.0 Å². The van der Waals surface area contributed by atoms with Gasteiger partial charge in [0.15, 0.2) is 0 Å². The standard InChI is InChI=1S/C21H26N4O4S/c1-14-5-6-18(11-15(14)2)30(27,28)25-9-7-24(8-10-25)13-20(26)23-21-19(12-22)16(3)17(4)29-21/h5-6,11H,7-10,13H2,1-4H3,(H,23,26). The molecular formula is C21H26N4O4S. The first kappa shape index (κ1) is 22.0. The lowest BCUT2D eigenvalue weighted by molar-refractivity contribution is -0.117. The van der Waals surface area contributed by atoms with E-state index in [1.807, 2.05) is 30.9 Å². The van der Waals surface area contributed by atoms with Gasteiger partial charge in [0.1, 0.15) is 17.4 Å². The number of hydrogen-bond acceptors (Lipinski definition) is 6. The summed E-state index contributed by atoms with van der Waals surface area (Å²) < 4.78 is 32.7. The number of carbonyl (C=O) groups is 1. The molecule has 0 saturated carbocycles. The fraction of sp³-hybridized carbons (Fsp3) is 0.429. The quantitative estimate of drug-likeness (QED) is 0.780. The van der Waals surface area contributed by atoms with Crippen molar-refractivity contribution in [2.75, 3.05) is 38.0 Å². The number of carbonyl (C=O) groups excluding carboxylic acids is 1. The molecule has 1 saturated heterocycles. The number of benzene rings is 1. The van der Waals surface area contributed by atoms with Gasteiger partial charge in [0, 0.05) is 31.7 Å². The van der Waals surface area contributed by atoms with Crippen molar-refractivity contribution >= 4 is 21.8 Å². The minimum atomic E-state index is -3.56. The van der Waals surface area contributed by atoms with Gasteiger partial charge in [-0.1, -0.05) is 6.07 Å². The van der Waals surface area contributed by atoms with E-state index in [0.717, 1.165) is 11.1 Å². The minimum absolute atomic E-state index is 0.0984. The number of furan rings is 1. The predicted molar refractivity (Wildman–Crippen MR) is 113 cm³/mol. The molecule has 30 heavy (non-hydrogen) atoms. The zero-order valence-corrected chi connectivity index (χ0v) is 18.5. The monoisotopic (exact) mass is 430 g/mol. The number of aryl methyl sites for hydroxylation is 3. The molecule has 1 aliphatic rings. The lowest BCUT2D eigenvalue weighted by Gasteiger charge is -2.33. The van der Waals surface area contributed by atoms with Crippen LogP contribution in [0.5, 0.6) is 0 Å². The first-order chi connectivity index (χ1) is 14.1. The number of amides is 1. The number of nitrogens with zero attached hydrogens (tertiary/aromatic N) is 3. The summed E-state index contributed by atoms with van der Waals surface area (Å²) in [5, 5.41) is 11.9. The Labute approximate surface area is 177 Å². The van der Waals surface area contributed by atoms with Gasteiger partial charge in [-0.2, -0.15) is 9.57 Å². The van der Waals surface area contributed by atoms with Gasteiger partial charge in [0.05, 0.1) is 11.4 Å². The van der Waals surface area contributed by atoms with E-state index in [-0.39, 0.29) is 18.3 Å². The fourth-order valence-corrected chi connectivity index (χ4v) is 4.88. The average molecular weight is 431 g/mol. The van der Waals surface area contributed by atoms with Crippen LogP contribution in [0.4, 0.5) is 5.88 Å². The molecule has 0 radical (unpaired) electrons. The third-order valence-electron chi connectivity index (χ3n) is 5.56. The van der Waals surface area contributed by atoms with E-state index in [1.165, 1.54) is 4.31 Å². The number of piperazine rings is 1. The molecule has 1 aliphatic heterocycles. The van der Waals surface area contributed by atoms with Gasteiger partial charge in [-0.15, -0.1) is 0 Å². The lowest BCUT2D eigenvalue weighted by atomic mass is 10.1. The van der Waals surface area contributed by atoms with Crippen molar-refractivity contribution in [3.8, 4) is 6.07 Å². The minimum Gasteiger partial charge on any atom is -0.444 e. The maximum absolute atomic E-state index is 12.9. The first-order valence-corrected chi connectivity index (χ1v) is 11.2. The molecule has 0 atom stereocenters. The number of nitrogens with one attached hydrogen (secondary N) is 1. The van der Waals surface area contributed by atoms with Crippen LogP contribution in [0.1, 0.15) is 28.0 Å². The maximum Gasteiger partial charge on any atom is 0.243 e. The van der Waals surface area contributed by atoms with Gasteiger partial charge < -0.3 is 4.42 Å². The molecule has 0 bridgehead atoms. The molecule has 0 spiro atoms. The van der Waals surface area contributed by atoms with Crippen molar-refractivity contribution in [1.29, 1.82) is 5.26 Å². The van der Waals surface area contributed by atoms with Crippen molar-refractivity contribution in [3.05, 3.63) is 46.2 Å². The molecule has 1 fully saturated rings. The molecule has 8 nitrogen and oxygen atoms in total. The average Bonchev–Trinajstić information content (AvgIpc) is 2.96. The van der Waals surface area contributed by atoms with Crippen molar-refractivity contribution < 1.29 is 17.6 Å². The highest BCUT2D eigenvalue weighted by Crippen LogP contribution is 2.25. The van der Waals surface area contributed by atoms with Crippen molar-refractivity contribution in [3.63, 3.8) is 0 Å². The second-order valence-electron chi connectivity index (χ2n) is 7.57. The van der Waals surface area contributed by atoms with Crippen LogP contribution >= 0.6 is 0 Å². The van der Waals surface area contributed by atoms with E-state index in [0.29, 0.717) is 48.0 Å². The summed E-state index contributed by atoms with van der Waals surface area (Å²) in [4.78, 5) is 14.6. The summed E-state index contributed by atoms with van der Waals surface area (Å²) in [6.07, 6.45) is 0. The summed E-state index contributed by atoms with van der Waals surface area (Å²) >= 11 is 0. The van der Waals surface area contributed by atoms with Gasteiger partial charge in [-0.05, 0) is 51.0 Å². The van der Waals surface area contributed by atoms with E-state index >= 15 is 0 Å². The number of hydrogen-bond donors (Lipinski definition) is 1. The molecule has 1 aromatic heterocycles. The smallest absolute Gasteiger partial charge is 0.243 e. The van der Waals surface area contributed by atoms with Crippen LogP contribution in [0.25, 0.3) is 0 Å². The Bertz CT molecular complexity index is 1110. The summed E-state index contributed by atoms with van der Waals surface area (Å²) in [5.41, 5.74) is 3.01. The van der Waals surface area contributed by atoms with Gasteiger partial charge in [0.2, 0.25) is 21.8 Å². The van der Waals surface area contributed by atoms with Crippen LogP contribution in [0.3, 0.4) is 0 Å².